The molecule has 1 aromatic rings. The average molecular weight is 244 g/mol. The number of anilines is 2. The van der Waals surface area contributed by atoms with Crippen LogP contribution in [0.25, 0.3) is 0 Å². The highest BCUT2D eigenvalue weighted by Gasteiger charge is 2.30. The van der Waals surface area contributed by atoms with Crippen LogP contribution in [0, 0.1) is 0 Å². The van der Waals surface area contributed by atoms with E-state index >= 15 is 0 Å². The minimum atomic E-state index is -4.33. The number of hydrogen-bond acceptors (Lipinski definition) is 2. The van der Waals surface area contributed by atoms with Crippen LogP contribution in [0.1, 0.15) is 31.2 Å². The Morgan fingerprint density at radius 3 is 2.35 bits per heavy atom. The first-order valence-electron chi connectivity index (χ1n) is 5.70. The van der Waals surface area contributed by atoms with Crippen LogP contribution in [0.2, 0.25) is 0 Å². The Hall–Kier alpha value is -1.39. The number of nitrogens with two attached hydrogens (primary N) is 1. The Kier molecular flexibility index (Phi) is 3.17. The number of hydrogen-bond donors (Lipinski definition) is 2. The molecule has 2 rings (SSSR count). The van der Waals surface area contributed by atoms with Gasteiger partial charge in [0, 0.05) is 6.04 Å². The summed E-state index contributed by atoms with van der Waals surface area (Å²) in [5.41, 5.74) is 5.69. The zero-order chi connectivity index (χ0) is 12.5. The SMILES string of the molecule is Nc1cc(C(F)(F)F)ccc1NC1CCCC1. The van der Waals surface area contributed by atoms with Crippen LogP contribution in [-0.2, 0) is 6.18 Å². The Bertz CT molecular complexity index is 395. The molecule has 3 N–H and O–H groups in total. The first-order chi connectivity index (χ1) is 7.97. The van der Waals surface area contributed by atoms with Crippen LogP contribution in [-0.4, -0.2) is 6.04 Å². The van der Waals surface area contributed by atoms with Crippen LogP contribution >= 0.6 is 0 Å². The number of rotatable bonds is 2. The maximum atomic E-state index is 12.4. The highest BCUT2D eigenvalue weighted by atomic mass is 19.4. The third kappa shape index (κ3) is 2.84. The van der Waals surface area contributed by atoms with Crippen molar-refractivity contribution in [2.75, 3.05) is 11.1 Å². The molecule has 0 saturated heterocycles. The number of nitrogen functional groups attached to an aromatic ring is 1. The third-order valence-corrected chi connectivity index (χ3v) is 3.09. The first kappa shape index (κ1) is 12.1. The van der Waals surface area contributed by atoms with Gasteiger partial charge in [-0.05, 0) is 31.0 Å². The molecule has 0 unspecified atom stereocenters. The van der Waals surface area contributed by atoms with Gasteiger partial charge >= 0.3 is 6.18 Å². The molecule has 1 fully saturated rings. The lowest BCUT2D eigenvalue weighted by molar-refractivity contribution is -0.137. The lowest BCUT2D eigenvalue weighted by atomic mass is 10.1. The van der Waals surface area contributed by atoms with Gasteiger partial charge in [-0.15, -0.1) is 0 Å². The second-order valence-electron chi connectivity index (χ2n) is 4.43. The number of benzene rings is 1. The molecule has 0 amide bonds. The molecule has 1 aliphatic carbocycles. The second-order valence-corrected chi connectivity index (χ2v) is 4.43. The van der Waals surface area contributed by atoms with E-state index in [1.807, 2.05) is 0 Å². The normalized spacial score (nSPS) is 17.4. The largest absolute Gasteiger partial charge is 0.416 e. The lowest BCUT2D eigenvalue weighted by Gasteiger charge is -2.16. The fourth-order valence-corrected chi connectivity index (χ4v) is 2.16. The van der Waals surface area contributed by atoms with E-state index in [0.29, 0.717) is 11.7 Å². The van der Waals surface area contributed by atoms with Crippen molar-refractivity contribution in [3.05, 3.63) is 23.8 Å². The van der Waals surface area contributed by atoms with Crippen LogP contribution < -0.4 is 11.1 Å². The van der Waals surface area contributed by atoms with Gasteiger partial charge in [-0.2, -0.15) is 13.2 Å². The molecule has 0 heterocycles. The predicted molar refractivity (Wildman–Crippen MR) is 61.7 cm³/mol. The summed E-state index contributed by atoms with van der Waals surface area (Å²) in [7, 11) is 0. The van der Waals surface area contributed by atoms with Gasteiger partial charge in [0.15, 0.2) is 0 Å². The Morgan fingerprint density at radius 1 is 1.18 bits per heavy atom. The number of nitrogens with one attached hydrogen (secondary N) is 1. The summed E-state index contributed by atoms with van der Waals surface area (Å²) in [5.74, 6) is 0. The van der Waals surface area contributed by atoms with E-state index in [9.17, 15) is 13.2 Å². The summed E-state index contributed by atoms with van der Waals surface area (Å²) in [4.78, 5) is 0. The molecule has 1 aliphatic rings. The molecule has 0 aliphatic heterocycles. The molecule has 5 heteroatoms. The van der Waals surface area contributed by atoms with Crippen molar-refractivity contribution in [1.29, 1.82) is 0 Å². The van der Waals surface area contributed by atoms with E-state index in [0.717, 1.165) is 37.8 Å². The highest BCUT2D eigenvalue weighted by molar-refractivity contribution is 5.67. The monoisotopic (exact) mass is 244 g/mol. The zero-order valence-corrected chi connectivity index (χ0v) is 9.35. The molecule has 0 radical (unpaired) electrons. The quantitative estimate of drug-likeness (QED) is 0.779. The topological polar surface area (TPSA) is 38.0 Å². The number of alkyl halides is 3. The van der Waals surface area contributed by atoms with Crippen molar-refractivity contribution in [3.8, 4) is 0 Å². The van der Waals surface area contributed by atoms with E-state index in [4.69, 9.17) is 5.73 Å². The number of halogens is 3. The van der Waals surface area contributed by atoms with Crippen molar-refractivity contribution in [2.24, 2.45) is 0 Å². The summed E-state index contributed by atoms with van der Waals surface area (Å²) in [6.07, 6.45) is 0.108. The van der Waals surface area contributed by atoms with Crippen LogP contribution in [0.15, 0.2) is 18.2 Å². The Labute approximate surface area is 98.0 Å². The van der Waals surface area contributed by atoms with Gasteiger partial charge in [0.2, 0.25) is 0 Å². The van der Waals surface area contributed by atoms with Gasteiger partial charge in [0.1, 0.15) is 0 Å². The molecule has 0 aromatic heterocycles. The van der Waals surface area contributed by atoms with Crippen LogP contribution in [0.4, 0.5) is 24.5 Å². The first-order valence-corrected chi connectivity index (χ1v) is 5.70. The minimum absolute atomic E-state index is 0.159. The van der Waals surface area contributed by atoms with Gasteiger partial charge < -0.3 is 11.1 Å². The summed E-state index contributed by atoms with van der Waals surface area (Å²) < 4.78 is 37.3. The standard InChI is InChI=1S/C12H15F3N2/c13-12(14,15)8-5-6-11(10(16)7-8)17-9-3-1-2-4-9/h5-7,9,17H,1-4,16H2. The van der Waals surface area contributed by atoms with Crippen LogP contribution in [0.5, 0.6) is 0 Å². The molecule has 0 spiro atoms. The average Bonchev–Trinajstić information content (AvgIpc) is 2.72. The fraction of sp³-hybridized carbons (Fsp3) is 0.500. The van der Waals surface area contributed by atoms with Gasteiger partial charge in [0.25, 0.3) is 0 Å². The van der Waals surface area contributed by atoms with Crippen molar-refractivity contribution < 1.29 is 13.2 Å². The van der Waals surface area contributed by atoms with E-state index in [1.54, 1.807) is 0 Å². The van der Waals surface area contributed by atoms with Crippen molar-refractivity contribution in [3.63, 3.8) is 0 Å². The molecule has 0 atom stereocenters. The highest BCUT2D eigenvalue weighted by Crippen LogP contribution is 2.33. The van der Waals surface area contributed by atoms with Crippen LogP contribution in [0.3, 0.4) is 0 Å². The van der Waals surface area contributed by atoms with Gasteiger partial charge in [0.05, 0.1) is 16.9 Å². The molecular formula is C12H15F3N2. The van der Waals surface area contributed by atoms with Crippen molar-refractivity contribution >= 4 is 11.4 Å². The van der Waals surface area contributed by atoms with E-state index < -0.39 is 11.7 Å². The lowest BCUT2D eigenvalue weighted by Crippen LogP contribution is -2.16. The Balaban J connectivity index is 2.14. The fourth-order valence-electron chi connectivity index (χ4n) is 2.16. The van der Waals surface area contributed by atoms with E-state index in [2.05, 4.69) is 5.32 Å². The molecule has 2 nitrogen and oxygen atoms in total. The van der Waals surface area contributed by atoms with Gasteiger partial charge in [-0.3, -0.25) is 0 Å². The smallest absolute Gasteiger partial charge is 0.397 e. The van der Waals surface area contributed by atoms with E-state index in [1.165, 1.54) is 6.07 Å². The van der Waals surface area contributed by atoms with E-state index in [-0.39, 0.29) is 5.69 Å². The zero-order valence-electron chi connectivity index (χ0n) is 9.35. The summed E-state index contributed by atoms with van der Waals surface area (Å²) in [6.45, 7) is 0. The molecule has 1 saturated carbocycles. The second kappa shape index (κ2) is 4.47. The predicted octanol–water partition coefficient (Wildman–Crippen LogP) is 3.64. The maximum Gasteiger partial charge on any atom is 0.416 e. The summed E-state index contributed by atoms with van der Waals surface area (Å²) in [5, 5.41) is 3.20. The molecule has 94 valence electrons. The summed E-state index contributed by atoms with van der Waals surface area (Å²) >= 11 is 0. The van der Waals surface area contributed by atoms with Crippen molar-refractivity contribution in [2.45, 2.75) is 37.9 Å². The minimum Gasteiger partial charge on any atom is -0.397 e. The molecule has 1 aromatic carbocycles. The van der Waals surface area contributed by atoms with Crippen molar-refractivity contribution in [1.82, 2.24) is 0 Å². The molecular weight excluding hydrogens is 229 g/mol. The Morgan fingerprint density at radius 2 is 1.82 bits per heavy atom. The molecule has 17 heavy (non-hydrogen) atoms. The molecule has 0 bridgehead atoms. The summed E-state index contributed by atoms with van der Waals surface area (Å²) in [6, 6.07) is 3.80. The van der Waals surface area contributed by atoms with Gasteiger partial charge in [-0.25, -0.2) is 0 Å². The van der Waals surface area contributed by atoms with Gasteiger partial charge in [-0.1, -0.05) is 12.8 Å². The maximum absolute atomic E-state index is 12.4. The third-order valence-electron chi connectivity index (χ3n) is 3.09.